The minimum Gasteiger partial charge on any atom is -0.314 e. The van der Waals surface area contributed by atoms with Crippen LogP contribution in [0.4, 0.5) is 0 Å². The lowest BCUT2D eigenvalue weighted by Gasteiger charge is -2.03. The van der Waals surface area contributed by atoms with Crippen molar-refractivity contribution in [2.45, 2.75) is 25.3 Å². The molecule has 1 heterocycles. The van der Waals surface area contributed by atoms with Gasteiger partial charge in [-0.2, -0.15) is 0 Å². The molecule has 0 bridgehead atoms. The van der Waals surface area contributed by atoms with Crippen molar-refractivity contribution >= 4 is 6.29 Å². The van der Waals surface area contributed by atoms with Crippen LogP contribution in [-0.4, -0.2) is 18.9 Å². The number of allylic oxidation sites excluding steroid dienone is 1. The van der Waals surface area contributed by atoms with Crippen molar-refractivity contribution < 1.29 is 4.79 Å². The Morgan fingerprint density at radius 3 is 3.10 bits per heavy atom. The summed E-state index contributed by atoms with van der Waals surface area (Å²) in [6.45, 7) is 1.14. The summed E-state index contributed by atoms with van der Waals surface area (Å²) in [5, 5.41) is 3.35. The van der Waals surface area contributed by atoms with Gasteiger partial charge in [0.2, 0.25) is 0 Å². The molecule has 1 aliphatic rings. The largest absolute Gasteiger partial charge is 0.314 e. The third kappa shape index (κ3) is 2.31. The van der Waals surface area contributed by atoms with E-state index >= 15 is 0 Å². The van der Waals surface area contributed by atoms with Gasteiger partial charge in [0.1, 0.15) is 6.29 Å². The Hall–Kier alpha value is -0.630. The molecule has 1 atom stereocenters. The van der Waals surface area contributed by atoms with Crippen LogP contribution in [0.5, 0.6) is 0 Å². The third-order valence-electron chi connectivity index (χ3n) is 1.80. The van der Waals surface area contributed by atoms with E-state index in [1.165, 1.54) is 12.8 Å². The van der Waals surface area contributed by atoms with Gasteiger partial charge in [-0.05, 0) is 31.9 Å². The molecule has 0 aromatic rings. The van der Waals surface area contributed by atoms with Gasteiger partial charge in [-0.25, -0.2) is 0 Å². The zero-order valence-electron chi connectivity index (χ0n) is 6.05. The van der Waals surface area contributed by atoms with Crippen molar-refractivity contribution in [3.8, 4) is 0 Å². The zero-order chi connectivity index (χ0) is 7.23. The highest BCUT2D eigenvalue weighted by molar-refractivity contribution is 5.64. The highest BCUT2D eigenvalue weighted by atomic mass is 16.1. The lowest BCUT2D eigenvalue weighted by atomic mass is 10.1. The first-order valence-electron chi connectivity index (χ1n) is 3.77. The summed E-state index contributed by atoms with van der Waals surface area (Å²) >= 11 is 0. The molecule has 10 heavy (non-hydrogen) atoms. The molecule has 1 unspecified atom stereocenters. The molecule has 1 saturated heterocycles. The average molecular weight is 139 g/mol. The van der Waals surface area contributed by atoms with Gasteiger partial charge >= 0.3 is 0 Å². The quantitative estimate of drug-likeness (QED) is 0.464. The number of carbonyl (C=O) groups is 1. The summed E-state index contributed by atoms with van der Waals surface area (Å²) in [7, 11) is 0. The van der Waals surface area contributed by atoms with Gasteiger partial charge in [-0.3, -0.25) is 4.79 Å². The first-order chi connectivity index (χ1) is 4.93. The second kappa shape index (κ2) is 4.23. The molecule has 0 aromatic carbocycles. The molecule has 0 aliphatic carbocycles. The van der Waals surface area contributed by atoms with Crippen molar-refractivity contribution in [1.29, 1.82) is 0 Å². The Labute approximate surface area is 61.3 Å². The summed E-state index contributed by atoms with van der Waals surface area (Å²) in [5.74, 6) is 0. The molecule has 1 aliphatic heterocycles. The summed E-state index contributed by atoms with van der Waals surface area (Å²) < 4.78 is 0. The highest BCUT2D eigenvalue weighted by Gasteiger charge is 2.10. The van der Waals surface area contributed by atoms with Gasteiger partial charge in [0.25, 0.3) is 0 Å². The number of nitrogens with one attached hydrogen (secondary N) is 1. The first kappa shape index (κ1) is 7.48. The van der Waals surface area contributed by atoms with Crippen molar-refractivity contribution in [2.75, 3.05) is 6.54 Å². The van der Waals surface area contributed by atoms with Crippen molar-refractivity contribution in [3.05, 3.63) is 12.2 Å². The van der Waals surface area contributed by atoms with Crippen LogP contribution in [-0.2, 0) is 4.79 Å². The van der Waals surface area contributed by atoms with Crippen LogP contribution in [0, 0.1) is 0 Å². The van der Waals surface area contributed by atoms with Crippen LogP contribution in [0.15, 0.2) is 12.2 Å². The Balaban J connectivity index is 2.12. The summed E-state index contributed by atoms with van der Waals surface area (Å²) in [6, 6.07) is 0.621. The first-order valence-corrected chi connectivity index (χ1v) is 3.77. The number of aldehydes is 1. The topological polar surface area (TPSA) is 29.1 Å². The van der Waals surface area contributed by atoms with Crippen LogP contribution in [0.1, 0.15) is 19.3 Å². The molecule has 0 saturated carbocycles. The van der Waals surface area contributed by atoms with E-state index in [9.17, 15) is 4.79 Å². The van der Waals surface area contributed by atoms with E-state index in [0.717, 1.165) is 19.3 Å². The molecule has 0 spiro atoms. The third-order valence-corrected chi connectivity index (χ3v) is 1.80. The predicted octanol–water partition coefficient (Wildman–Crippen LogP) is 0.884. The van der Waals surface area contributed by atoms with Crippen molar-refractivity contribution in [3.63, 3.8) is 0 Å². The second-order valence-corrected chi connectivity index (χ2v) is 2.59. The fraction of sp³-hybridized carbons (Fsp3) is 0.625. The minimum atomic E-state index is 0.621. The van der Waals surface area contributed by atoms with Gasteiger partial charge in [-0.15, -0.1) is 0 Å². The lowest BCUT2D eigenvalue weighted by molar-refractivity contribution is -0.104. The summed E-state index contributed by atoms with van der Waals surface area (Å²) in [6.07, 6.45) is 7.85. The zero-order valence-corrected chi connectivity index (χ0v) is 6.05. The average Bonchev–Trinajstić information content (AvgIpc) is 2.41. The Bertz CT molecular complexity index is 125. The van der Waals surface area contributed by atoms with E-state index in [-0.39, 0.29) is 0 Å². The van der Waals surface area contributed by atoms with Crippen LogP contribution < -0.4 is 5.32 Å². The van der Waals surface area contributed by atoms with E-state index in [1.807, 2.05) is 6.08 Å². The van der Waals surface area contributed by atoms with E-state index in [2.05, 4.69) is 5.32 Å². The maximum atomic E-state index is 9.87. The molecule has 2 heteroatoms. The Kier molecular flexibility index (Phi) is 3.16. The fourth-order valence-corrected chi connectivity index (χ4v) is 1.26. The van der Waals surface area contributed by atoms with Crippen LogP contribution in [0.3, 0.4) is 0 Å². The number of rotatable bonds is 3. The van der Waals surface area contributed by atoms with Crippen molar-refractivity contribution in [2.24, 2.45) is 0 Å². The Morgan fingerprint density at radius 1 is 1.60 bits per heavy atom. The predicted molar refractivity (Wildman–Crippen MR) is 40.8 cm³/mol. The molecule has 1 fully saturated rings. The fourth-order valence-electron chi connectivity index (χ4n) is 1.26. The van der Waals surface area contributed by atoms with E-state index in [1.54, 1.807) is 6.08 Å². The van der Waals surface area contributed by atoms with Crippen LogP contribution in [0.2, 0.25) is 0 Å². The lowest BCUT2D eigenvalue weighted by Crippen LogP contribution is -2.19. The van der Waals surface area contributed by atoms with E-state index in [4.69, 9.17) is 0 Å². The number of hydrogen-bond acceptors (Lipinski definition) is 2. The molecule has 0 radical (unpaired) electrons. The SMILES string of the molecule is O=C/C=C\CC1CCCN1. The Morgan fingerprint density at radius 2 is 2.50 bits per heavy atom. The van der Waals surface area contributed by atoms with Crippen molar-refractivity contribution in [1.82, 2.24) is 5.32 Å². The van der Waals surface area contributed by atoms with Gasteiger partial charge in [0, 0.05) is 6.04 Å². The molecule has 56 valence electrons. The van der Waals surface area contributed by atoms with Crippen LogP contribution in [0.25, 0.3) is 0 Å². The minimum absolute atomic E-state index is 0.621. The van der Waals surface area contributed by atoms with Gasteiger partial charge in [0.15, 0.2) is 0 Å². The van der Waals surface area contributed by atoms with Gasteiger partial charge in [0.05, 0.1) is 0 Å². The van der Waals surface area contributed by atoms with Gasteiger partial charge in [-0.1, -0.05) is 6.08 Å². The summed E-state index contributed by atoms with van der Waals surface area (Å²) in [5.41, 5.74) is 0. The molecule has 0 amide bonds. The van der Waals surface area contributed by atoms with E-state index in [0.29, 0.717) is 6.04 Å². The molecular formula is C8H13NO. The van der Waals surface area contributed by atoms with E-state index < -0.39 is 0 Å². The van der Waals surface area contributed by atoms with Crippen LogP contribution >= 0.6 is 0 Å². The monoisotopic (exact) mass is 139 g/mol. The maximum absolute atomic E-state index is 9.87. The molecule has 0 aromatic heterocycles. The maximum Gasteiger partial charge on any atom is 0.142 e. The normalized spacial score (nSPS) is 25.8. The number of carbonyl (C=O) groups excluding carboxylic acids is 1. The highest BCUT2D eigenvalue weighted by Crippen LogP contribution is 2.08. The number of hydrogen-bond donors (Lipinski definition) is 1. The standard InChI is InChI=1S/C8H13NO/c10-7-2-1-4-8-5-3-6-9-8/h1-2,7-9H,3-6H2/b2-1-. The second-order valence-electron chi connectivity index (χ2n) is 2.59. The molecule has 1 N–H and O–H groups in total. The molecule has 1 rings (SSSR count). The smallest absolute Gasteiger partial charge is 0.142 e. The van der Waals surface area contributed by atoms with Gasteiger partial charge < -0.3 is 5.32 Å². The molecule has 2 nitrogen and oxygen atoms in total. The molecular weight excluding hydrogens is 126 g/mol. The summed E-state index contributed by atoms with van der Waals surface area (Å²) in [4.78, 5) is 9.87.